The van der Waals surface area contributed by atoms with Gasteiger partial charge in [-0.2, -0.15) is 0 Å². The van der Waals surface area contributed by atoms with E-state index < -0.39 is 11.9 Å². The molecule has 0 bridgehead atoms. The van der Waals surface area contributed by atoms with Gasteiger partial charge < -0.3 is 20.1 Å². The van der Waals surface area contributed by atoms with Crippen LogP contribution in [0.5, 0.6) is 11.5 Å². The lowest BCUT2D eigenvalue weighted by Gasteiger charge is -2.17. The van der Waals surface area contributed by atoms with E-state index in [9.17, 15) is 14.4 Å². The second-order valence-electron chi connectivity index (χ2n) is 7.91. The van der Waals surface area contributed by atoms with Crippen LogP contribution in [0.25, 0.3) is 0 Å². The molecule has 1 aliphatic rings. The Morgan fingerprint density at radius 1 is 1.00 bits per heavy atom. The highest BCUT2D eigenvalue weighted by atomic mass is 16.5. The van der Waals surface area contributed by atoms with Crippen LogP contribution in [0.15, 0.2) is 29.8 Å². The van der Waals surface area contributed by atoms with Gasteiger partial charge in [0.05, 0.1) is 26.3 Å². The number of nitrogens with one attached hydrogen (secondary N) is 3. The SMILES string of the molecule is CCOc1ccc(NC(=O)CN(C)CC(=O)NC(=O)NCCC2=CCCCC2)cc1OCC. The summed E-state index contributed by atoms with van der Waals surface area (Å²) in [6.45, 7) is 5.14. The molecular weight excluding hydrogens is 424 g/mol. The number of ether oxygens (including phenoxy) is 2. The summed E-state index contributed by atoms with van der Waals surface area (Å²) >= 11 is 0. The van der Waals surface area contributed by atoms with Gasteiger partial charge in [-0.05, 0) is 65.1 Å². The predicted octanol–water partition coefficient (Wildman–Crippen LogP) is 3.07. The van der Waals surface area contributed by atoms with Gasteiger partial charge in [0.25, 0.3) is 0 Å². The first-order valence-electron chi connectivity index (χ1n) is 11.5. The number of anilines is 1. The van der Waals surface area contributed by atoms with Crippen LogP contribution in [0.2, 0.25) is 0 Å². The van der Waals surface area contributed by atoms with E-state index in [-0.39, 0.29) is 19.0 Å². The van der Waals surface area contributed by atoms with Crippen molar-refractivity contribution < 1.29 is 23.9 Å². The van der Waals surface area contributed by atoms with Crippen molar-refractivity contribution in [3.63, 3.8) is 0 Å². The van der Waals surface area contributed by atoms with E-state index in [0.29, 0.717) is 36.9 Å². The number of rotatable bonds is 12. The molecule has 1 aromatic rings. The third-order valence-corrected chi connectivity index (χ3v) is 5.02. The van der Waals surface area contributed by atoms with Crippen LogP contribution in [-0.4, -0.2) is 62.6 Å². The molecule has 0 fully saturated rings. The first kappa shape index (κ1) is 26.2. The summed E-state index contributed by atoms with van der Waals surface area (Å²) in [6.07, 6.45) is 7.65. The summed E-state index contributed by atoms with van der Waals surface area (Å²) in [6, 6.07) is 4.65. The molecule has 9 nitrogen and oxygen atoms in total. The van der Waals surface area contributed by atoms with E-state index in [1.54, 1.807) is 25.2 Å². The third kappa shape index (κ3) is 9.95. The highest BCUT2D eigenvalue weighted by Crippen LogP contribution is 2.30. The van der Waals surface area contributed by atoms with Gasteiger partial charge in [-0.1, -0.05) is 11.6 Å². The van der Waals surface area contributed by atoms with Crippen LogP contribution in [0.4, 0.5) is 10.5 Å². The Labute approximate surface area is 195 Å². The number of amides is 4. The molecule has 0 saturated carbocycles. The molecule has 1 aliphatic carbocycles. The topological polar surface area (TPSA) is 109 Å². The Kier molecular flexibility index (Phi) is 11.2. The zero-order valence-electron chi connectivity index (χ0n) is 19.9. The van der Waals surface area contributed by atoms with Crippen LogP contribution >= 0.6 is 0 Å². The summed E-state index contributed by atoms with van der Waals surface area (Å²) in [5.74, 6) is 0.400. The number of benzene rings is 1. The molecule has 0 spiro atoms. The maximum Gasteiger partial charge on any atom is 0.321 e. The van der Waals surface area contributed by atoms with Crippen molar-refractivity contribution in [2.75, 3.05) is 45.2 Å². The number of imide groups is 1. The summed E-state index contributed by atoms with van der Waals surface area (Å²) in [5, 5.41) is 7.79. The molecule has 0 unspecified atom stereocenters. The molecule has 3 N–H and O–H groups in total. The molecule has 4 amide bonds. The number of hydrogen-bond donors (Lipinski definition) is 3. The lowest BCUT2D eigenvalue weighted by atomic mass is 9.97. The molecule has 182 valence electrons. The van der Waals surface area contributed by atoms with Crippen molar-refractivity contribution in [3.8, 4) is 11.5 Å². The van der Waals surface area contributed by atoms with E-state index in [2.05, 4.69) is 22.0 Å². The lowest BCUT2D eigenvalue weighted by Crippen LogP contribution is -2.45. The maximum atomic E-state index is 12.4. The minimum Gasteiger partial charge on any atom is -0.490 e. The van der Waals surface area contributed by atoms with Gasteiger partial charge in [-0.3, -0.25) is 19.8 Å². The highest BCUT2D eigenvalue weighted by Gasteiger charge is 2.14. The molecule has 0 aliphatic heterocycles. The van der Waals surface area contributed by atoms with Gasteiger partial charge in [0.15, 0.2) is 11.5 Å². The Hall–Kier alpha value is -3.07. The first-order valence-corrected chi connectivity index (χ1v) is 11.5. The summed E-state index contributed by atoms with van der Waals surface area (Å²) in [7, 11) is 1.64. The van der Waals surface area contributed by atoms with E-state index in [4.69, 9.17) is 9.47 Å². The number of carbonyl (C=O) groups is 3. The first-order chi connectivity index (χ1) is 15.9. The summed E-state index contributed by atoms with van der Waals surface area (Å²) in [4.78, 5) is 37.9. The molecule has 9 heteroatoms. The van der Waals surface area contributed by atoms with Crippen LogP contribution in [0.3, 0.4) is 0 Å². The molecule has 0 heterocycles. The van der Waals surface area contributed by atoms with Gasteiger partial charge in [-0.15, -0.1) is 0 Å². The Morgan fingerprint density at radius 3 is 2.42 bits per heavy atom. The van der Waals surface area contributed by atoms with E-state index >= 15 is 0 Å². The highest BCUT2D eigenvalue weighted by molar-refractivity contribution is 5.96. The van der Waals surface area contributed by atoms with Gasteiger partial charge in [0, 0.05) is 18.3 Å². The number of urea groups is 1. The third-order valence-electron chi connectivity index (χ3n) is 5.02. The second-order valence-corrected chi connectivity index (χ2v) is 7.91. The number of hydrogen-bond acceptors (Lipinski definition) is 6. The fourth-order valence-electron chi connectivity index (χ4n) is 3.55. The molecule has 0 aromatic heterocycles. The predicted molar refractivity (Wildman–Crippen MR) is 128 cm³/mol. The molecule has 0 atom stereocenters. The molecule has 0 saturated heterocycles. The quantitative estimate of drug-likeness (QED) is 0.414. The van der Waals surface area contributed by atoms with Crippen molar-refractivity contribution in [2.45, 2.75) is 46.0 Å². The minimum absolute atomic E-state index is 0.0135. The van der Waals surface area contributed by atoms with Crippen LogP contribution in [0.1, 0.15) is 46.0 Å². The van der Waals surface area contributed by atoms with Crippen molar-refractivity contribution in [1.82, 2.24) is 15.5 Å². The lowest BCUT2D eigenvalue weighted by molar-refractivity contribution is -0.122. The second kappa shape index (κ2) is 14.2. The van der Waals surface area contributed by atoms with Crippen molar-refractivity contribution in [3.05, 3.63) is 29.8 Å². The zero-order chi connectivity index (χ0) is 24.1. The van der Waals surface area contributed by atoms with E-state index in [1.807, 2.05) is 13.8 Å². The standard InChI is InChI=1S/C24H36N4O5/c1-4-32-20-12-11-19(15-21(20)33-5-2)26-22(29)16-28(3)17-23(30)27-24(31)25-14-13-18-9-7-6-8-10-18/h9,11-12,15H,4-8,10,13-14,16-17H2,1-3H3,(H,26,29)(H2,25,27,30,31). The van der Waals surface area contributed by atoms with Gasteiger partial charge >= 0.3 is 6.03 Å². The fourth-order valence-corrected chi connectivity index (χ4v) is 3.55. The van der Waals surface area contributed by atoms with Crippen LogP contribution in [0, 0.1) is 0 Å². The summed E-state index contributed by atoms with van der Waals surface area (Å²) < 4.78 is 11.1. The summed E-state index contributed by atoms with van der Waals surface area (Å²) in [5.41, 5.74) is 1.93. The van der Waals surface area contributed by atoms with Crippen molar-refractivity contribution in [2.24, 2.45) is 0 Å². The molecule has 2 rings (SSSR count). The van der Waals surface area contributed by atoms with Crippen molar-refractivity contribution >= 4 is 23.5 Å². The minimum atomic E-state index is -0.521. The van der Waals surface area contributed by atoms with E-state index in [1.165, 1.54) is 23.3 Å². The molecular formula is C24H36N4O5. The van der Waals surface area contributed by atoms with E-state index in [0.717, 1.165) is 19.3 Å². The largest absolute Gasteiger partial charge is 0.490 e. The van der Waals surface area contributed by atoms with Crippen LogP contribution < -0.4 is 25.4 Å². The molecule has 33 heavy (non-hydrogen) atoms. The van der Waals surface area contributed by atoms with Crippen LogP contribution in [-0.2, 0) is 9.59 Å². The molecule has 1 aromatic carbocycles. The number of likely N-dealkylation sites (N-methyl/N-ethyl adjacent to an activating group) is 1. The monoisotopic (exact) mass is 460 g/mol. The average molecular weight is 461 g/mol. The Bertz CT molecular complexity index is 840. The number of allylic oxidation sites excluding steroid dienone is 1. The fraction of sp³-hybridized carbons (Fsp3) is 0.542. The average Bonchev–Trinajstić information content (AvgIpc) is 2.76. The van der Waals surface area contributed by atoms with Crippen molar-refractivity contribution in [1.29, 1.82) is 0 Å². The Morgan fingerprint density at radius 2 is 1.73 bits per heavy atom. The smallest absolute Gasteiger partial charge is 0.321 e. The zero-order valence-corrected chi connectivity index (χ0v) is 19.9. The number of nitrogens with zero attached hydrogens (tertiary/aromatic N) is 1. The van der Waals surface area contributed by atoms with Gasteiger partial charge in [0.1, 0.15) is 0 Å². The van der Waals surface area contributed by atoms with Gasteiger partial charge in [-0.25, -0.2) is 4.79 Å². The maximum absolute atomic E-state index is 12.4. The normalized spacial score (nSPS) is 13.2. The number of carbonyl (C=O) groups excluding carboxylic acids is 3. The Balaban J connectivity index is 1.72. The van der Waals surface area contributed by atoms with Gasteiger partial charge in [0.2, 0.25) is 11.8 Å². The molecule has 0 radical (unpaired) electrons.